The molecule has 0 spiro atoms. The molecule has 0 saturated heterocycles. The van der Waals surface area contributed by atoms with Crippen molar-refractivity contribution >= 4 is 0 Å². The van der Waals surface area contributed by atoms with E-state index >= 15 is 0 Å². The van der Waals surface area contributed by atoms with E-state index in [0.717, 1.165) is 37.0 Å². The second-order valence-electron chi connectivity index (χ2n) is 11.4. The van der Waals surface area contributed by atoms with Gasteiger partial charge in [-0.3, -0.25) is 0 Å². The Labute approximate surface area is 160 Å². The van der Waals surface area contributed by atoms with Crippen LogP contribution in [0.5, 0.6) is 0 Å². The SMILES string of the molecule is C#CC1(O)CC[C@@]2(C)C(CC[C@H]3[C@@H]4CC[C@H](C(C)(C)O)[C@@]4(C)CC[C@@H]32)C1. The van der Waals surface area contributed by atoms with Gasteiger partial charge in [-0.1, -0.05) is 19.8 Å². The van der Waals surface area contributed by atoms with E-state index in [2.05, 4.69) is 19.8 Å². The van der Waals surface area contributed by atoms with Gasteiger partial charge in [0.25, 0.3) is 0 Å². The van der Waals surface area contributed by atoms with Crippen molar-refractivity contribution in [3.8, 4) is 12.3 Å². The molecule has 2 heteroatoms. The van der Waals surface area contributed by atoms with E-state index in [-0.39, 0.29) is 0 Å². The van der Waals surface area contributed by atoms with Crippen molar-refractivity contribution in [1.82, 2.24) is 0 Å². The number of aliphatic hydroxyl groups is 2. The molecule has 4 fully saturated rings. The molecule has 2 nitrogen and oxygen atoms in total. The molecule has 0 aromatic carbocycles. The minimum Gasteiger partial charge on any atom is -0.390 e. The van der Waals surface area contributed by atoms with Crippen molar-refractivity contribution < 1.29 is 10.2 Å². The first kappa shape index (κ1) is 18.8. The maximum Gasteiger partial charge on any atom is 0.125 e. The maximum absolute atomic E-state index is 10.8. The van der Waals surface area contributed by atoms with Crippen LogP contribution < -0.4 is 0 Å². The van der Waals surface area contributed by atoms with Crippen LogP contribution in [0.4, 0.5) is 0 Å². The van der Waals surface area contributed by atoms with Crippen LogP contribution in [0.15, 0.2) is 0 Å². The van der Waals surface area contributed by atoms with Crippen LogP contribution in [0, 0.1) is 52.8 Å². The molecule has 0 aromatic rings. The van der Waals surface area contributed by atoms with Crippen LogP contribution in [0.3, 0.4) is 0 Å². The van der Waals surface area contributed by atoms with Crippen LogP contribution >= 0.6 is 0 Å². The lowest BCUT2D eigenvalue weighted by Gasteiger charge is -2.62. The van der Waals surface area contributed by atoms with Gasteiger partial charge in [0.15, 0.2) is 0 Å². The van der Waals surface area contributed by atoms with Crippen molar-refractivity contribution in [2.24, 2.45) is 40.4 Å². The lowest BCUT2D eigenvalue weighted by Crippen LogP contribution is -2.56. The fraction of sp³-hybridized carbons (Fsp3) is 0.917. The van der Waals surface area contributed by atoms with Crippen molar-refractivity contribution in [3.63, 3.8) is 0 Å². The Kier molecular flexibility index (Phi) is 4.16. The largest absolute Gasteiger partial charge is 0.390 e. The first-order valence-electron chi connectivity index (χ1n) is 11.0. The van der Waals surface area contributed by atoms with Gasteiger partial charge < -0.3 is 10.2 Å². The van der Waals surface area contributed by atoms with E-state index in [1.807, 2.05) is 13.8 Å². The van der Waals surface area contributed by atoms with Gasteiger partial charge in [0.1, 0.15) is 5.60 Å². The van der Waals surface area contributed by atoms with Gasteiger partial charge in [0.05, 0.1) is 5.60 Å². The number of terminal acetylenes is 1. The predicted octanol–water partition coefficient (Wildman–Crippen LogP) is 4.78. The van der Waals surface area contributed by atoms with E-state index < -0.39 is 11.2 Å². The van der Waals surface area contributed by atoms with Crippen LogP contribution in [0.1, 0.15) is 85.5 Å². The molecule has 4 rings (SSSR count). The van der Waals surface area contributed by atoms with E-state index in [1.165, 1.54) is 38.5 Å². The highest BCUT2D eigenvalue weighted by molar-refractivity contribution is 5.16. The molecule has 4 saturated carbocycles. The molecule has 0 radical (unpaired) electrons. The smallest absolute Gasteiger partial charge is 0.125 e. The Balaban J connectivity index is 1.60. The van der Waals surface area contributed by atoms with Crippen LogP contribution in [0.2, 0.25) is 0 Å². The fourth-order valence-corrected chi connectivity index (χ4v) is 8.54. The third-order valence-corrected chi connectivity index (χ3v) is 9.85. The molecule has 0 heterocycles. The molecule has 4 aliphatic carbocycles. The Morgan fingerprint density at radius 1 is 0.923 bits per heavy atom. The molecule has 146 valence electrons. The number of rotatable bonds is 1. The highest BCUT2D eigenvalue weighted by Gasteiger charge is 2.62. The molecular formula is C24H38O2. The van der Waals surface area contributed by atoms with E-state index in [0.29, 0.717) is 22.7 Å². The minimum atomic E-state index is -0.862. The van der Waals surface area contributed by atoms with E-state index in [1.54, 1.807) is 0 Å². The van der Waals surface area contributed by atoms with Gasteiger partial charge in [-0.15, -0.1) is 6.42 Å². The summed E-state index contributed by atoms with van der Waals surface area (Å²) in [6, 6.07) is 0. The minimum absolute atomic E-state index is 0.302. The maximum atomic E-state index is 10.8. The lowest BCUT2D eigenvalue weighted by molar-refractivity contribution is -0.149. The van der Waals surface area contributed by atoms with Crippen LogP contribution in [-0.4, -0.2) is 21.4 Å². The zero-order valence-electron chi connectivity index (χ0n) is 17.2. The van der Waals surface area contributed by atoms with Crippen molar-refractivity contribution in [2.45, 2.75) is 96.7 Å². The summed E-state index contributed by atoms with van der Waals surface area (Å²) in [6.45, 7) is 9.04. The Morgan fingerprint density at radius 2 is 1.62 bits per heavy atom. The van der Waals surface area contributed by atoms with Crippen molar-refractivity contribution in [3.05, 3.63) is 0 Å². The van der Waals surface area contributed by atoms with E-state index in [4.69, 9.17) is 6.42 Å². The summed E-state index contributed by atoms with van der Waals surface area (Å²) in [5, 5.41) is 21.5. The zero-order valence-corrected chi connectivity index (χ0v) is 17.2. The quantitative estimate of drug-likeness (QED) is 0.662. The second-order valence-corrected chi connectivity index (χ2v) is 11.4. The average molecular weight is 359 g/mol. The first-order chi connectivity index (χ1) is 12.0. The lowest BCUT2D eigenvalue weighted by atomic mass is 9.43. The van der Waals surface area contributed by atoms with Crippen LogP contribution in [0.25, 0.3) is 0 Å². The molecule has 8 atom stereocenters. The Bertz CT molecular complexity index is 613. The highest BCUT2D eigenvalue weighted by Crippen LogP contribution is 2.68. The van der Waals surface area contributed by atoms with Crippen molar-refractivity contribution in [2.75, 3.05) is 0 Å². The molecule has 0 aliphatic heterocycles. The number of hydrogen-bond acceptors (Lipinski definition) is 2. The monoisotopic (exact) mass is 358 g/mol. The van der Waals surface area contributed by atoms with Crippen molar-refractivity contribution in [1.29, 1.82) is 0 Å². The first-order valence-corrected chi connectivity index (χ1v) is 11.0. The third-order valence-electron chi connectivity index (χ3n) is 9.85. The normalized spacial score (nSPS) is 54.0. The summed E-state index contributed by atoms with van der Waals surface area (Å²) < 4.78 is 0. The topological polar surface area (TPSA) is 40.5 Å². The van der Waals surface area contributed by atoms with Gasteiger partial charge in [0.2, 0.25) is 0 Å². The third kappa shape index (κ3) is 2.53. The zero-order chi connectivity index (χ0) is 19.0. The fourth-order valence-electron chi connectivity index (χ4n) is 8.54. The molecule has 0 bridgehead atoms. The summed E-state index contributed by atoms with van der Waals surface area (Å²) in [5.74, 6) is 6.06. The molecule has 2 unspecified atom stereocenters. The van der Waals surface area contributed by atoms with Gasteiger partial charge in [-0.25, -0.2) is 0 Å². The summed E-state index contributed by atoms with van der Waals surface area (Å²) >= 11 is 0. The summed E-state index contributed by atoms with van der Waals surface area (Å²) in [7, 11) is 0. The van der Waals surface area contributed by atoms with Gasteiger partial charge in [0, 0.05) is 0 Å². The molecule has 2 N–H and O–H groups in total. The van der Waals surface area contributed by atoms with Gasteiger partial charge in [-0.05, 0) is 112 Å². The van der Waals surface area contributed by atoms with E-state index in [9.17, 15) is 10.2 Å². The average Bonchev–Trinajstić information content (AvgIpc) is 2.93. The standard InChI is InChI=1S/C24H38O2/c1-6-24(26)14-13-22(4)16(15-24)7-8-17-18-9-10-20(21(2,3)25)23(18,5)12-11-19(17)22/h1,16-20,25-26H,7-15H2,2-5H3/t16?,17-,18-,19-,20+,22-,23-,24?/m0/s1. The molecular weight excluding hydrogens is 320 g/mol. The molecule has 26 heavy (non-hydrogen) atoms. The predicted molar refractivity (Wildman–Crippen MR) is 105 cm³/mol. The summed E-state index contributed by atoms with van der Waals surface area (Å²) in [5.41, 5.74) is -0.776. The molecule has 4 aliphatic rings. The number of hydrogen-bond donors (Lipinski definition) is 2. The summed E-state index contributed by atoms with van der Waals surface area (Å²) in [6.07, 6.45) is 15.9. The van der Waals surface area contributed by atoms with Gasteiger partial charge in [-0.2, -0.15) is 0 Å². The highest BCUT2D eigenvalue weighted by atomic mass is 16.3. The Hall–Kier alpha value is -0.520. The Morgan fingerprint density at radius 3 is 2.27 bits per heavy atom. The summed E-state index contributed by atoms with van der Waals surface area (Å²) in [4.78, 5) is 0. The molecule has 0 aromatic heterocycles. The molecule has 0 amide bonds. The van der Waals surface area contributed by atoms with Gasteiger partial charge >= 0.3 is 0 Å². The van der Waals surface area contributed by atoms with Crippen LogP contribution in [-0.2, 0) is 0 Å². The second kappa shape index (κ2) is 5.74. The number of fused-ring (bicyclic) bond motifs is 5.